The second-order valence-electron chi connectivity index (χ2n) is 6.09. The number of benzene rings is 1. The third-order valence-corrected chi connectivity index (χ3v) is 4.04. The van der Waals surface area contributed by atoms with Gasteiger partial charge in [0.05, 0.1) is 11.4 Å². The van der Waals surface area contributed by atoms with Crippen LogP contribution in [0.15, 0.2) is 29.6 Å². The monoisotopic (exact) mass is 334 g/mol. The van der Waals surface area contributed by atoms with Gasteiger partial charge < -0.3 is 10.1 Å². The Kier molecular flexibility index (Phi) is 5.23. The van der Waals surface area contributed by atoms with Crippen LogP contribution in [-0.2, 0) is 12.0 Å². The highest BCUT2D eigenvalue weighted by molar-refractivity contribution is 7.11. The molecule has 0 spiro atoms. The Morgan fingerprint density at radius 3 is 2.70 bits per heavy atom. The molecule has 0 fully saturated rings. The molecule has 3 N–H and O–H groups in total. The molecule has 1 aromatic heterocycles. The Bertz CT molecular complexity index is 679. The van der Waals surface area contributed by atoms with Gasteiger partial charge in [0, 0.05) is 23.4 Å². The molecular formula is C16H22N4O2S. The molecule has 0 unspecified atom stereocenters. The summed E-state index contributed by atoms with van der Waals surface area (Å²) in [5.74, 6) is 5.83. The number of hydrogen-bond acceptors (Lipinski definition) is 5. The number of nitrogens with two attached hydrogens (primary N) is 1. The van der Waals surface area contributed by atoms with Gasteiger partial charge in [0.2, 0.25) is 0 Å². The van der Waals surface area contributed by atoms with Crippen molar-refractivity contribution in [2.75, 3.05) is 12.1 Å². The first-order valence-corrected chi connectivity index (χ1v) is 8.14. The van der Waals surface area contributed by atoms with Crippen molar-refractivity contribution in [2.45, 2.75) is 32.8 Å². The van der Waals surface area contributed by atoms with Gasteiger partial charge in [-0.15, -0.1) is 0 Å². The first kappa shape index (κ1) is 17.2. The first-order valence-electron chi connectivity index (χ1n) is 7.26. The highest BCUT2D eigenvalue weighted by Gasteiger charge is 2.18. The normalized spacial score (nSPS) is 11.2. The van der Waals surface area contributed by atoms with Crippen LogP contribution in [0, 0.1) is 0 Å². The van der Waals surface area contributed by atoms with Crippen molar-refractivity contribution in [3.05, 3.63) is 40.9 Å². The van der Waals surface area contributed by atoms with Crippen LogP contribution < -0.4 is 20.9 Å². The van der Waals surface area contributed by atoms with E-state index in [1.807, 2.05) is 23.6 Å². The third-order valence-electron chi connectivity index (χ3n) is 3.29. The molecule has 0 bridgehead atoms. The molecule has 124 valence electrons. The van der Waals surface area contributed by atoms with Crippen molar-refractivity contribution >= 4 is 23.1 Å². The number of hydrogen-bond donors (Lipinski definition) is 2. The topological polar surface area (TPSA) is 80.5 Å². The van der Waals surface area contributed by atoms with Gasteiger partial charge in [0.1, 0.15) is 6.61 Å². The molecule has 0 saturated carbocycles. The molecule has 1 aromatic carbocycles. The van der Waals surface area contributed by atoms with Gasteiger partial charge in [0.25, 0.3) is 5.19 Å². The SMILES string of the molecule is CNC(=O)N(N)c1ccccc1COc1nc(C(C)(C)C)cs1. The number of urea groups is 1. The number of carbonyl (C=O) groups is 1. The van der Waals surface area contributed by atoms with E-state index in [0.29, 0.717) is 10.9 Å². The molecule has 2 aromatic rings. The fourth-order valence-corrected chi connectivity index (χ4v) is 2.80. The van der Waals surface area contributed by atoms with Gasteiger partial charge in [-0.25, -0.2) is 20.6 Å². The van der Waals surface area contributed by atoms with Crippen molar-refractivity contribution < 1.29 is 9.53 Å². The Hall–Kier alpha value is -2.12. The Labute approximate surface area is 140 Å². The molecule has 0 aliphatic carbocycles. The fraction of sp³-hybridized carbons (Fsp3) is 0.375. The second-order valence-corrected chi connectivity index (χ2v) is 6.91. The van der Waals surface area contributed by atoms with Gasteiger partial charge in [-0.1, -0.05) is 50.3 Å². The van der Waals surface area contributed by atoms with E-state index in [0.717, 1.165) is 16.3 Å². The number of nitrogens with one attached hydrogen (secondary N) is 1. The van der Waals surface area contributed by atoms with Gasteiger partial charge in [-0.05, 0) is 6.07 Å². The highest BCUT2D eigenvalue weighted by atomic mass is 32.1. The van der Waals surface area contributed by atoms with Gasteiger partial charge >= 0.3 is 6.03 Å². The number of ether oxygens (including phenoxy) is 1. The van der Waals surface area contributed by atoms with E-state index in [4.69, 9.17) is 10.6 Å². The Balaban J connectivity index is 2.12. The molecule has 6 nitrogen and oxygen atoms in total. The molecule has 1 heterocycles. The number of rotatable bonds is 4. The largest absolute Gasteiger partial charge is 0.465 e. The Morgan fingerprint density at radius 1 is 1.39 bits per heavy atom. The molecule has 7 heteroatoms. The zero-order valence-corrected chi connectivity index (χ0v) is 14.6. The minimum absolute atomic E-state index is 0.0106. The van der Waals surface area contributed by atoms with Crippen LogP contribution in [0.5, 0.6) is 5.19 Å². The molecule has 2 amide bonds. The van der Waals surface area contributed by atoms with Crippen LogP contribution in [0.1, 0.15) is 32.0 Å². The summed E-state index contributed by atoms with van der Waals surface area (Å²) in [6.45, 7) is 6.61. The van der Waals surface area contributed by atoms with Crippen LogP contribution in [0.4, 0.5) is 10.5 Å². The predicted octanol–water partition coefficient (Wildman–Crippen LogP) is 3.04. The summed E-state index contributed by atoms with van der Waals surface area (Å²) in [5.41, 5.74) is 2.39. The number of para-hydroxylation sites is 1. The zero-order chi connectivity index (χ0) is 17.0. The number of hydrazine groups is 1. The van der Waals surface area contributed by atoms with E-state index in [9.17, 15) is 4.79 Å². The standard InChI is InChI=1S/C16H22N4O2S/c1-16(2,3)13-10-23-15(19-13)22-9-11-7-5-6-8-12(11)20(17)14(21)18-4/h5-8,10H,9,17H2,1-4H3,(H,18,21). The predicted molar refractivity (Wildman–Crippen MR) is 92.7 cm³/mol. The van der Waals surface area contributed by atoms with Gasteiger partial charge in [-0.2, -0.15) is 0 Å². The van der Waals surface area contributed by atoms with Gasteiger partial charge in [-0.3, -0.25) is 0 Å². The van der Waals surface area contributed by atoms with Crippen LogP contribution in [0.3, 0.4) is 0 Å². The maximum atomic E-state index is 11.7. The number of nitrogens with zero attached hydrogens (tertiary/aromatic N) is 2. The van der Waals surface area contributed by atoms with Crippen LogP contribution in [0.2, 0.25) is 0 Å². The molecule has 0 radical (unpaired) electrons. The minimum Gasteiger partial charge on any atom is -0.465 e. The Morgan fingerprint density at radius 2 is 2.09 bits per heavy atom. The number of carbonyl (C=O) groups excluding carboxylic acids is 1. The van der Waals surface area contributed by atoms with Crippen LogP contribution in [-0.4, -0.2) is 18.1 Å². The lowest BCUT2D eigenvalue weighted by Gasteiger charge is -2.19. The molecule has 0 atom stereocenters. The maximum absolute atomic E-state index is 11.7. The lowest BCUT2D eigenvalue weighted by molar-refractivity contribution is 0.248. The maximum Gasteiger partial charge on any atom is 0.336 e. The summed E-state index contributed by atoms with van der Waals surface area (Å²) in [4.78, 5) is 16.2. The van der Waals surface area contributed by atoms with Crippen LogP contribution >= 0.6 is 11.3 Å². The summed E-state index contributed by atoms with van der Waals surface area (Å²) >= 11 is 1.46. The zero-order valence-electron chi connectivity index (χ0n) is 13.8. The summed E-state index contributed by atoms with van der Waals surface area (Å²) in [7, 11) is 1.53. The lowest BCUT2D eigenvalue weighted by atomic mass is 9.93. The van der Waals surface area contributed by atoms with Crippen molar-refractivity contribution in [1.82, 2.24) is 10.3 Å². The smallest absolute Gasteiger partial charge is 0.336 e. The van der Waals surface area contributed by atoms with E-state index >= 15 is 0 Å². The fourth-order valence-electron chi connectivity index (χ4n) is 1.91. The van der Waals surface area contributed by atoms with E-state index in [1.165, 1.54) is 18.4 Å². The van der Waals surface area contributed by atoms with E-state index < -0.39 is 0 Å². The molecule has 23 heavy (non-hydrogen) atoms. The molecule has 0 saturated heterocycles. The second kappa shape index (κ2) is 6.97. The van der Waals surface area contributed by atoms with Crippen molar-refractivity contribution in [3.8, 4) is 5.19 Å². The van der Waals surface area contributed by atoms with E-state index in [-0.39, 0.29) is 18.1 Å². The first-order chi connectivity index (χ1) is 10.8. The summed E-state index contributed by atoms with van der Waals surface area (Å²) in [6.07, 6.45) is 0. The summed E-state index contributed by atoms with van der Waals surface area (Å²) in [6, 6.07) is 6.96. The van der Waals surface area contributed by atoms with Crippen molar-refractivity contribution in [3.63, 3.8) is 0 Å². The molecule has 0 aliphatic rings. The number of thiazole rings is 1. The quantitative estimate of drug-likeness (QED) is 0.511. The van der Waals surface area contributed by atoms with Gasteiger partial charge in [0.15, 0.2) is 0 Å². The van der Waals surface area contributed by atoms with Crippen LogP contribution in [0.25, 0.3) is 0 Å². The molecular weight excluding hydrogens is 312 g/mol. The number of aromatic nitrogens is 1. The average molecular weight is 334 g/mol. The van der Waals surface area contributed by atoms with E-state index in [1.54, 1.807) is 6.07 Å². The highest BCUT2D eigenvalue weighted by Crippen LogP contribution is 2.29. The number of amides is 2. The lowest BCUT2D eigenvalue weighted by Crippen LogP contribution is -2.43. The average Bonchev–Trinajstić information content (AvgIpc) is 3.01. The molecule has 0 aliphatic heterocycles. The number of anilines is 1. The van der Waals surface area contributed by atoms with E-state index in [2.05, 4.69) is 31.1 Å². The summed E-state index contributed by atoms with van der Waals surface area (Å²) < 4.78 is 5.77. The van der Waals surface area contributed by atoms with Crippen molar-refractivity contribution in [1.29, 1.82) is 0 Å². The summed E-state index contributed by atoms with van der Waals surface area (Å²) in [5, 5.41) is 6.17. The minimum atomic E-state index is -0.387. The third kappa shape index (κ3) is 4.20. The molecule has 2 rings (SSSR count). The van der Waals surface area contributed by atoms with Crippen molar-refractivity contribution in [2.24, 2.45) is 5.84 Å².